The molecule has 2 heterocycles. The second kappa shape index (κ2) is 4.88. The molecule has 0 aliphatic rings. The smallest absolute Gasteiger partial charge is 0.128 e. The number of nitrogens with one attached hydrogen (secondary N) is 1. The molecule has 0 amide bonds. The quantitative estimate of drug-likeness (QED) is 0.774. The van der Waals surface area contributed by atoms with Gasteiger partial charge in [-0.1, -0.05) is 20.8 Å². The molecule has 3 aromatic rings. The lowest BCUT2D eigenvalue weighted by atomic mass is 9.87. The molecule has 21 heavy (non-hydrogen) atoms. The fraction of sp³-hybridized carbons (Fsp3) is 0.294. The molecule has 0 fully saturated rings. The van der Waals surface area contributed by atoms with Gasteiger partial charge in [0.25, 0.3) is 0 Å². The topological polar surface area (TPSA) is 50.8 Å². The van der Waals surface area contributed by atoms with E-state index in [1.54, 1.807) is 13.3 Å². The van der Waals surface area contributed by atoms with Gasteiger partial charge in [-0.25, -0.2) is 0 Å². The minimum atomic E-state index is -0.0261. The fourth-order valence-electron chi connectivity index (χ4n) is 2.55. The van der Waals surface area contributed by atoms with E-state index in [2.05, 4.69) is 42.0 Å². The molecule has 0 unspecified atom stereocenters. The van der Waals surface area contributed by atoms with Crippen LogP contribution in [0.3, 0.4) is 0 Å². The number of fused-ring (bicyclic) bond motifs is 1. The maximum Gasteiger partial charge on any atom is 0.128 e. The Kier molecular flexibility index (Phi) is 3.16. The summed E-state index contributed by atoms with van der Waals surface area (Å²) >= 11 is 0. The second-order valence-electron chi connectivity index (χ2n) is 6.15. The molecular weight excluding hydrogens is 262 g/mol. The lowest BCUT2D eigenvalue weighted by molar-refractivity contribution is 0.420. The molecule has 0 radical (unpaired) electrons. The van der Waals surface area contributed by atoms with Crippen molar-refractivity contribution in [2.45, 2.75) is 26.2 Å². The van der Waals surface area contributed by atoms with E-state index in [1.165, 1.54) is 0 Å². The Labute approximate surface area is 124 Å². The highest BCUT2D eigenvalue weighted by molar-refractivity contribution is 5.90. The van der Waals surface area contributed by atoms with Crippen LogP contribution in [0.15, 0.2) is 36.7 Å². The minimum absolute atomic E-state index is 0.0261. The van der Waals surface area contributed by atoms with Crippen molar-refractivity contribution in [3.8, 4) is 16.9 Å². The monoisotopic (exact) mass is 281 g/mol. The van der Waals surface area contributed by atoms with Crippen molar-refractivity contribution >= 4 is 10.9 Å². The van der Waals surface area contributed by atoms with Crippen molar-refractivity contribution in [2.24, 2.45) is 0 Å². The second-order valence-corrected chi connectivity index (χ2v) is 6.15. The zero-order chi connectivity index (χ0) is 15.0. The van der Waals surface area contributed by atoms with E-state index in [9.17, 15) is 0 Å². The summed E-state index contributed by atoms with van der Waals surface area (Å²) in [6.07, 6.45) is 3.73. The maximum atomic E-state index is 5.52. The Hall–Kier alpha value is -2.36. The molecule has 3 rings (SSSR count). The van der Waals surface area contributed by atoms with Gasteiger partial charge in [0.15, 0.2) is 0 Å². The predicted octanol–water partition coefficient (Wildman–Crippen LogP) is 3.93. The summed E-state index contributed by atoms with van der Waals surface area (Å²) in [7, 11) is 1.69. The van der Waals surface area contributed by atoms with E-state index in [0.29, 0.717) is 0 Å². The van der Waals surface area contributed by atoms with Crippen molar-refractivity contribution in [3.63, 3.8) is 0 Å². The van der Waals surface area contributed by atoms with Crippen LogP contribution < -0.4 is 4.74 Å². The molecule has 0 atom stereocenters. The third-order valence-electron chi connectivity index (χ3n) is 3.56. The van der Waals surface area contributed by atoms with Gasteiger partial charge in [0.05, 0.1) is 18.3 Å². The first-order valence-electron chi connectivity index (χ1n) is 6.98. The van der Waals surface area contributed by atoms with E-state index in [4.69, 9.17) is 4.74 Å². The van der Waals surface area contributed by atoms with Gasteiger partial charge in [0.2, 0.25) is 0 Å². The highest BCUT2D eigenvalue weighted by Crippen LogP contribution is 2.35. The van der Waals surface area contributed by atoms with Crippen LogP contribution in [-0.2, 0) is 5.41 Å². The number of hydrogen-bond acceptors (Lipinski definition) is 3. The van der Waals surface area contributed by atoms with E-state index in [-0.39, 0.29) is 5.41 Å². The normalized spacial score (nSPS) is 11.8. The Bertz CT molecular complexity index is 784. The van der Waals surface area contributed by atoms with Crippen LogP contribution in [0.4, 0.5) is 0 Å². The van der Waals surface area contributed by atoms with Crippen molar-refractivity contribution in [2.75, 3.05) is 7.11 Å². The third-order valence-corrected chi connectivity index (χ3v) is 3.56. The number of benzene rings is 1. The number of ether oxygens (including phenoxy) is 1. The molecule has 4 nitrogen and oxygen atoms in total. The van der Waals surface area contributed by atoms with Crippen LogP contribution in [0.1, 0.15) is 26.5 Å². The summed E-state index contributed by atoms with van der Waals surface area (Å²) in [5, 5.41) is 8.41. The summed E-state index contributed by atoms with van der Waals surface area (Å²) < 4.78 is 5.52. The van der Waals surface area contributed by atoms with Gasteiger partial charge in [0.1, 0.15) is 5.75 Å². The SMILES string of the molecule is COc1cc(-c2c[nH]nc2C(C)(C)C)cc2ncccc12. The van der Waals surface area contributed by atoms with Gasteiger partial charge < -0.3 is 4.74 Å². The zero-order valence-corrected chi connectivity index (χ0v) is 12.8. The molecule has 0 saturated carbocycles. The molecule has 0 saturated heterocycles. The molecule has 0 bridgehead atoms. The molecule has 0 aliphatic carbocycles. The number of nitrogens with zero attached hydrogens (tertiary/aromatic N) is 2. The molecule has 1 aromatic carbocycles. The van der Waals surface area contributed by atoms with E-state index < -0.39 is 0 Å². The van der Waals surface area contributed by atoms with Crippen LogP contribution in [-0.4, -0.2) is 22.3 Å². The summed E-state index contributed by atoms with van der Waals surface area (Å²) in [5.41, 5.74) is 4.10. The lowest BCUT2D eigenvalue weighted by Gasteiger charge is -2.18. The van der Waals surface area contributed by atoms with Gasteiger partial charge in [-0.3, -0.25) is 10.1 Å². The van der Waals surface area contributed by atoms with Gasteiger partial charge in [0, 0.05) is 28.8 Å². The van der Waals surface area contributed by atoms with Crippen molar-refractivity contribution < 1.29 is 4.74 Å². The van der Waals surface area contributed by atoms with E-state index >= 15 is 0 Å². The third kappa shape index (κ3) is 2.37. The molecule has 1 N–H and O–H groups in total. The largest absolute Gasteiger partial charge is 0.496 e. The predicted molar refractivity (Wildman–Crippen MR) is 84.6 cm³/mol. The minimum Gasteiger partial charge on any atom is -0.496 e. The first-order chi connectivity index (χ1) is 10.0. The highest BCUT2D eigenvalue weighted by atomic mass is 16.5. The van der Waals surface area contributed by atoms with Crippen LogP contribution in [0, 0.1) is 0 Å². The highest BCUT2D eigenvalue weighted by Gasteiger charge is 2.22. The molecule has 0 aliphatic heterocycles. The van der Waals surface area contributed by atoms with Crippen LogP contribution >= 0.6 is 0 Å². The summed E-state index contributed by atoms with van der Waals surface area (Å²) in [5.74, 6) is 0.830. The Balaban J connectivity index is 2.25. The Morgan fingerprint density at radius 3 is 2.71 bits per heavy atom. The zero-order valence-electron chi connectivity index (χ0n) is 12.8. The van der Waals surface area contributed by atoms with Gasteiger partial charge >= 0.3 is 0 Å². The first kappa shape index (κ1) is 13.6. The van der Waals surface area contributed by atoms with Crippen molar-refractivity contribution in [1.29, 1.82) is 0 Å². The number of aromatic amines is 1. The average molecular weight is 281 g/mol. The van der Waals surface area contributed by atoms with Gasteiger partial charge in [-0.05, 0) is 29.8 Å². The molecule has 0 spiro atoms. The van der Waals surface area contributed by atoms with Gasteiger partial charge in [-0.15, -0.1) is 0 Å². The maximum absolute atomic E-state index is 5.52. The summed E-state index contributed by atoms with van der Waals surface area (Å²) in [6.45, 7) is 6.47. The van der Waals surface area contributed by atoms with E-state index in [1.807, 2.05) is 24.4 Å². The van der Waals surface area contributed by atoms with Crippen LogP contribution in [0.5, 0.6) is 5.75 Å². The molecular formula is C17H19N3O. The van der Waals surface area contributed by atoms with Crippen molar-refractivity contribution in [1.82, 2.24) is 15.2 Å². The number of pyridine rings is 1. The fourth-order valence-corrected chi connectivity index (χ4v) is 2.55. The number of methoxy groups -OCH3 is 1. The molecule has 4 heteroatoms. The average Bonchev–Trinajstić information content (AvgIpc) is 2.95. The Morgan fingerprint density at radius 2 is 2.00 bits per heavy atom. The molecule has 108 valence electrons. The first-order valence-corrected chi connectivity index (χ1v) is 6.98. The lowest BCUT2D eigenvalue weighted by Crippen LogP contribution is -2.13. The number of aromatic nitrogens is 3. The number of hydrogen-bond donors (Lipinski definition) is 1. The van der Waals surface area contributed by atoms with Gasteiger partial charge in [-0.2, -0.15) is 5.10 Å². The number of rotatable bonds is 2. The summed E-state index contributed by atoms with van der Waals surface area (Å²) in [4.78, 5) is 4.44. The van der Waals surface area contributed by atoms with Crippen molar-refractivity contribution in [3.05, 3.63) is 42.4 Å². The van der Waals surface area contributed by atoms with Crippen LogP contribution in [0.25, 0.3) is 22.0 Å². The van der Waals surface area contributed by atoms with Crippen LogP contribution in [0.2, 0.25) is 0 Å². The number of H-pyrrole nitrogens is 1. The van der Waals surface area contributed by atoms with E-state index in [0.717, 1.165) is 33.5 Å². The molecule has 2 aromatic heterocycles. The Morgan fingerprint density at radius 1 is 1.19 bits per heavy atom. The standard InChI is InChI=1S/C17H19N3O/c1-17(2,3)16-13(10-19-20-16)11-8-14-12(6-5-7-18-14)15(9-11)21-4/h5-10H,1-4H3,(H,19,20). The summed E-state index contributed by atoms with van der Waals surface area (Å²) in [6, 6.07) is 8.07.